The van der Waals surface area contributed by atoms with E-state index >= 15 is 0 Å². The molecule has 0 heterocycles. The second-order valence-corrected chi connectivity index (χ2v) is 6.31. The van der Waals surface area contributed by atoms with Crippen molar-refractivity contribution in [3.05, 3.63) is 12.2 Å². The van der Waals surface area contributed by atoms with E-state index in [4.69, 9.17) is 5.73 Å². The molecular weight excluding hydrogens is 274 g/mol. The lowest BCUT2D eigenvalue weighted by molar-refractivity contribution is -0.108. The van der Waals surface area contributed by atoms with E-state index < -0.39 is 12.1 Å². The summed E-state index contributed by atoms with van der Waals surface area (Å²) in [6, 6.07) is -0.467. The number of hydrogen-bond acceptors (Lipinski definition) is 3. The Kier molecular flexibility index (Phi) is 16.2. The molecule has 3 N–H and O–H groups in total. The maximum absolute atomic E-state index is 10.3. The van der Waals surface area contributed by atoms with Crippen molar-refractivity contribution in [1.82, 2.24) is 0 Å². The second-order valence-electron chi connectivity index (χ2n) is 6.31. The zero-order valence-corrected chi connectivity index (χ0v) is 14.5. The zero-order chi connectivity index (χ0) is 16.5. The first kappa shape index (κ1) is 21.3. The quantitative estimate of drug-likeness (QED) is 0.250. The molecule has 130 valence electrons. The normalized spacial score (nSPS) is 14.3. The number of rotatable bonds is 16. The van der Waals surface area contributed by atoms with Gasteiger partial charge in [-0.05, 0) is 12.8 Å². The summed E-state index contributed by atoms with van der Waals surface area (Å²) in [7, 11) is 0. The molecule has 0 saturated heterocycles. The van der Waals surface area contributed by atoms with Crippen LogP contribution in [0.3, 0.4) is 0 Å². The summed E-state index contributed by atoms with van der Waals surface area (Å²) in [4.78, 5) is 10.3. The van der Waals surface area contributed by atoms with Crippen LogP contribution in [-0.2, 0) is 4.79 Å². The van der Waals surface area contributed by atoms with Crippen LogP contribution in [-0.4, -0.2) is 23.5 Å². The predicted octanol–water partition coefficient (Wildman–Crippen LogP) is 4.52. The van der Waals surface area contributed by atoms with Gasteiger partial charge in [0, 0.05) is 12.5 Å². The Morgan fingerprint density at radius 1 is 0.909 bits per heavy atom. The monoisotopic (exact) mass is 311 g/mol. The third-order valence-corrected chi connectivity index (χ3v) is 4.11. The van der Waals surface area contributed by atoms with E-state index in [0.29, 0.717) is 0 Å². The fourth-order valence-corrected chi connectivity index (χ4v) is 2.56. The van der Waals surface area contributed by atoms with Crippen molar-refractivity contribution >= 4 is 6.29 Å². The van der Waals surface area contributed by atoms with Crippen LogP contribution in [0, 0.1) is 0 Å². The molecule has 0 saturated carbocycles. The van der Waals surface area contributed by atoms with Gasteiger partial charge in [0.25, 0.3) is 0 Å². The first-order chi connectivity index (χ1) is 10.7. The average molecular weight is 312 g/mol. The van der Waals surface area contributed by atoms with Crippen LogP contribution in [0.5, 0.6) is 0 Å². The van der Waals surface area contributed by atoms with E-state index in [0.717, 1.165) is 12.7 Å². The number of aliphatic hydroxyl groups excluding tert-OH is 1. The SMILES string of the molecule is CCCCCCCCCCCCC/C=C/[C@@H](O)[C@@H](N)CC=O. The standard InChI is InChI=1S/C19H37NO2/c1-2-3-4-5-6-7-8-9-10-11-12-13-14-15-19(22)18(20)16-17-21/h14-15,17-19,22H,2-13,16,20H2,1H3/b15-14+/t18-,19+/m0/s1. The Bertz CT molecular complexity index is 266. The van der Waals surface area contributed by atoms with Crippen LogP contribution in [0.15, 0.2) is 12.2 Å². The minimum absolute atomic E-state index is 0.212. The van der Waals surface area contributed by atoms with Crippen LogP contribution in [0.1, 0.15) is 90.4 Å². The van der Waals surface area contributed by atoms with Crippen molar-refractivity contribution in [3.63, 3.8) is 0 Å². The third-order valence-electron chi connectivity index (χ3n) is 4.11. The van der Waals surface area contributed by atoms with Gasteiger partial charge in [0.15, 0.2) is 0 Å². The van der Waals surface area contributed by atoms with Gasteiger partial charge < -0.3 is 15.6 Å². The van der Waals surface area contributed by atoms with Gasteiger partial charge >= 0.3 is 0 Å². The summed E-state index contributed by atoms with van der Waals surface area (Å²) in [5, 5.41) is 9.66. The Hall–Kier alpha value is -0.670. The predicted molar refractivity (Wildman–Crippen MR) is 94.9 cm³/mol. The summed E-state index contributed by atoms with van der Waals surface area (Å²) in [6.45, 7) is 2.26. The first-order valence-corrected chi connectivity index (χ1v) is 9.26. The highest BCUT2D eigenvalue weighted by atomic mass is 16.3. The van der Waals surface area contributed by atoms with Crippen LogP contribution in [0.25, 0.3) is 0 Å². The molecule has 0 spiro atoms. The molecule has 22 heavy (non-hydrogen) atoms. The maximum atomic E-state index is 10.3. The van der Waals surface area contributed by atoms with Crippen molar-refractivity contribution in [3.8, 4) is 0 Å². The Balaban J connectivity index is 3.27. The number of carbonyl (C=O) groups is 1. The zero-order valence-electron chi connectivity index (χ0n) is 14.5. The molecule has 0 aromatic carbocycles. The molecule has 3 heteroatoms. The minimum Gasteiger partial charge on any atom is -0.387 e. The van der Waals surface area contributed by atoms with Crippen molar-refractivity contribution < 1.29 is 9.90 Å². The summed E-state index contributed by atoms with van der Waals surface area (Å²) in [5.74, 6) is 0. The molecule has 3 nitrogen and oxygen atoms in total. The Morgan fingerprint density at radius 3 is 1.91 bits per heavy atom. The van der Waals surface area contributed by atoms with E-state index in [1.54, 1.807) is 6.08 Å². The number of allylic oxidation sites excluding steroid dienone is 1. The highest BCUT2D eigenvalue weighted by Crippen LogP contribution is 2.12. The highest BCUT2D eigenvalue weighted by molar-refractivity contribution is 5.50. The fourth-order valence-electron chi connectivity index (χ4n) is 2.56. The van der Waals surface area contributed by atoms with Gasteiger partial charge in [-0.2, -0.15) is 0 Å². The fraction of sp³-hybridized carbons (Fsp3) is 0.842. The van der Waals surface area contributed by atoms with Gasteiger partial charge in [-0.15, -0.1) is 0 Å². The largest absolute Gasteiger partial charge is 0.387 e. The summed E-state index contributed by atoms with van der Waals surface area (Å²) >= 11 is 0. The van der Waals surface area contributed by atoms with Gasteiger partial charge in [0.1, 0.15) is 6.29 Å². The lowest BCUT2D eigenvalue weighted by Gasteiger charge is -2.11. The molecule has 0 unspecified atom stereocenters. The van der Waals surface area contributed by atoms with Gasteiger partial charge in [-0.3, -0.25) is 0 Å². The van der Waals surface area contributed by atoms with Crippen molar-refractivity contribution in [2.24, 2.45) is 5.73 Å². The maximum Gasteiger partial charge on any atom is 0.121 e. The van der Waals surface area contributed by atoms with Crippen molar-refractivity contribution in [2.75, 3.05) is 0 Å². The van der Waals surface area contributed by atoms with E-state index in [1.807, 2.05) is 6.08 Å². The number of unbranched alkanes of at least 4 members (excludes halogenated alkanes) is 11. The third kappa shape index (κ3) is 14.3. The molecule has 0 aromatic rings. The van der Waals surface area contributed by atoms with Gasteiger partial charge in [0.05, 0.1) is 6.10 Å². The summed E-state index contributed by atoms with van der Waals surface area (Å²) in [5.41, 5.74) is 5.64. The number of aldehydes is 1. The van der Waals surface area contributed by atoms with E-state index in [2.05, 4.69) is 6.92 Å². The smallest absolute Gasteiger partial charge is 0.121 e. The number of carbonyl (C=O) groups excluding carboxylic acids is 1. The lowest BCUT2D eigenvalue weighted by Crippen LogP contribution is -2.33. The van der Waals surface area contributed by atoms with E-state index in [9.17, 15) is 9.90 Å². The van der Waals surface area contributed by atoms with Gasteiger partial charge in [0.2, 0.25) is 0 Å². The first-order valence-electron chi connectivity index (χ1n) is 9.26. The van der Waals surface area contributed by atoms with Crippen LogP contribution in [0.4, 0.5) is 0 Å². The molecule has 0 aliphatic rings. The summed E-state index contributed by atoms with van der Waals surface area (Å²) in [6.07, 6.45) is 19.8. The summed E-state index contributed by atoms with van der Waals surface area (Å²) < 4.78 is 0. The van der Waals surface area contributed by atoms with E-state index in [1.165, 1.54) is 70.6 Å². The Labute approximate surface area is 137 Å². The minimum atomic E-state index is -0.696. The molecule has 0 amide bonds. The topological polar surface area (TPSA) is 63.3 Å². The highest BCUT2D eigenvalue weighted by Gasteiger charge is 2.09. The van der Waals surface area contributed by atoms with Crippen molar-refractivity contribution in [2.45, 2.75) is 103 Å². The molecule has 0 fully saturated rings. The Morgan fingerprint density at radius 2 is 1.41 bits per heavy atom. The van der Waals surface area contributed by atoms with Crippen LogP contribution < -0.4 is 5.73 Å². The molecule has 0 aliphatic carbocycles. The van der Waals surface area contributed by atoms with Crippen molar-refractivity contribution in [1.29, 1.82) is 0 Å². The molecule has 0 bridgehead atoms. The lowest BCUT2D eigenvalue weighted by atomic mass is 10.0. The van der Waals surface area contributed by atoms with Gasteiger partial charge in [-0.1, -0.05) is 83.3 Å². The molecular formula is C19H37NO2. The second kappa shape index (κ2) is 16.7. The van der Waals surface area contributed by atoms with Gasteiger partial charge in [-0.25, -0.2) is 0 Å². The number of nitrogens with two attached hydrogens (primary N) is 1. The van der Waals surface area contributed by atoms with E-state index in [-0.39, 0.29) is 6.42 Å². The molecule has 0 rings (SSSR count). The molecule has 0 aliphatic heterocycles. The molecule has 0 radical (unpaired) electrons. The number of aliphatic hydroxyl groups is 1. The molecule has 2 atom stereocenters. The average Bonchev–Trinajstić information content (AvgIpc) is 2.51. The van der Waals surface area contributed by atoms with Crippen LogP contribution >= 0.6 is 0 Å². The van der Waals surface area contributed by atoms with Crippen LogP contribution in [0.2, 0.25) is 0 Å². The molecule has 0 aromatic heterocycles. The number of hydrogen-bond donors (Lipinski definition) is 2.